The Morgan fingerprint density at radius 3 is 2.71 bits per heavy atom. The Balaban J connectivity index is 1.79. The van der Waals surface area contributed by atoms with Gasteiger partial charge >= 0.3 is 6.18 Å². The third kappa shape index (κ3) is 3.77. The Hall–Kier alpha value is -2.74. The average Bonchev–Trinajstić information content (AvgIpc) is 3.12. The van der Waals surface area contributed by atoms with Gasteiger partial charge in [-0.25, -0.2) is 4.98 Å². The van der Waals surface area contributed by atoms with Crippen molar-refractivity contribution in [3.05, 3.63) is 70.5 Å². The number of pyridine rings is 1. The first-order chi connectivity index (χ1) is 13.4. The zero-order valence-corrected chi connectivity index (χ0v) is 15.1. The quantitative estimate of drug-likeness (QED) is 0.684. The summed E-state index contributed by atoms with van der Waals surface area (Å²) in [6.07, 6.45) is 0.404. The second-order valence-corrected chi connectivity index (χ2v) is 6.98. The lowest BCUT2D eigenvalue weighted by atomic mass is 10.1. The lowest BCUT2D eigenvalue weighted by molar-refractivity contribution is -0.142. The zero-order valence-electron chi connectivity index (χ0n) is 15.1. The molecule has 146 valence electrons. The van der Waals surface area contributed by atoms with Crippen LogP contribution in [0.1, 0.15) is 30.3 Å². The van der Waals surface area contributed by atoms with Gasteiger partial charge in [0.05, 0.1) is 16.9 Å². The van der Waals surface area contributed by atoms with E-state index < -0.39 is 18.3 Å². The predicted molar refractivity (Wildman–Crippen MR) is 98.7 cm³/mol. The van der Waals surface area contributed by atoms with Crippen LogP contribution in [0.3, 0.4) is 0 Å². The molecular formula is C20H19F3N4O. The van der Waals surface area contributed by atoms with Crippen molar-refractivity contribution in [3.63, 3.8) is 0 Å². The molecule has 4 rings (SSSR count). The van der Waals surface area contributed by atoms with E-state index in [-0.39, 0.29) is 17.3 Å². The molecule has 3 heterocycles. The molecule has 0 bridgehead atoms. The molecule has 1 saturated heterocycles. The Morgan fingerprint density at radius 1 is 1.14 bits per heavy atom. The molecule has 5 nitrogen and oxygen atoms in total. The van der Waals surface area contributed by atoms with Crippen LogP contribution >= 0.6 is 0 Å². The number of halogens is 3. The molecule has 0 N–H and O–H groups in total. The van der Waals surface area contributed by atoms with Crippen molar-refractivity contribution in [1.82, 2.24) is 19.4 Å². The minimum Gasteiger partial charge on any atom is -0.289 e. The number of para-hydroxylation sites is 1. The summed E-state index contributed by atoms with van der Waals surface area (Å²) in [5.41, 5.74) is 0.750. The van der Waals surface area contributed by atoms with Crippen LogP contribution in [0.5, 0.6) is 0 Å². The average molecular weight is 388 g/mol. The van der Waals surface area contributed by atoms with Gasteiger partial charge in [0.25, 0.3) is 5.56 Å². The molecular weight excluding hydrogens is 369 g/mol. The van der Waals surface area contributed by atoms with Gasteiger partial charge in [-0.05, 0) is 43.1 Å². The Kier molecular flexibility index (Phi) is 4.89. The van der Waals surface area contributed by atoms with Crippen molar-refractivity contribution in [2.45, 2.75) is 38.1 Å². The van der Waals surface area contributed by atoms with Crippen LogP contribution in [-0.4, -0.2) is 32.2 Å². The van der Waals surface area contributed by atoms with Crippen LogP contribution in [0.15, 0.2) is 53.6 Å². The number of alkyl halides is 3. The van der Waals surface area contributed by atoms with Gasteiger partial charge in [0, 0.05) is 18.9 Å². The fourth-order valence-corrected chi connectivity index (χ4v) is 3.81. The molecule has 1 aromatic carbocycles. The lowest BCUT2D eigenvalue weighted by Gasteiger charge is -2.27. The van der Waals surface area contributed by atoms with Gasteiger partial charge in [-0.3, -0.25) is 19.2 Å². The van der Waals surface area contributed by atoms with Crippen LogP contribution in [0.4, 0.5) is 13.2 Å². The van der Waals surface area contributed by atoms with Gasteiger partial charge < -0.3 is 0 Å². The lowest BCUT2D eigenvalue weighted by Crippen LogP contribution is -2.35. The minimum atomic E-state index is -4.50. The van der Waals surface area contributed by atoms with Crippen LogP contribution in [-0.2, 0) is 13.1 Å². The van der Waals surface area contributed by atoms with Crippen LogP contribution in [0, 0.1) is 0 Å². The van der Waals surface area contributed by atoms with E-state index in [4.69, 9.17) is 0 Å². The first-order valence-electron chi connectivity index (χ1n) is 9.11. The Bertz CT molecular complexity index is 1030. The first-order valence-corrected chi connectivity index (χ1v) is 9.11. The highest BCUT2D eigenvalue weighted by molar-refractivity contribution is 5.77. The van der Waals surface area contributed by atoms with E-state index in [9.17, 15) is 18.0 Å². The van der Waals surface area contributed by atoms with Crippen molar-refractivity contribution >= 4 is 10.9 Å². The maximum atomic E-state index is 13.2. The summed E-state index contributed by atoms with van der Waals surface area (Å²) < 4.78 is 40.5. The smallest absolute Gasteiger partial charge is 0.289 e. The molecule has 0 saturated carbocycles. The van der Waals surface area contributed by atoms with Gasteiger partial charge in [0.1, 0.15) is 12.4 Å². The third-order valence-electron chi connectivity index (χ3n) is 5.00. The highest BCUT2D eigenvalue weighted by Gasteiger charge is 2.35. The second kappa shape index (κ2) is 7.35. The van der Waals surface area contributed by atoms with Crippen molar-refractivity contribution in [2.24, 2.45) is 0 Å². The maximum Gasteiger partial charge on any atom is 0.406 e. The molecule has 3 aromatic rings. The van der Waals surface area contributed by atoms with E-state index in [1.165, 1.54) is 6.07 Å². The van der Waals surface area contributed by atoms with Crippen molar-refractivity contribution < 1.29 is 13.2 Å². The molecule has 1 unspecified atom stereocenters. The summed E-state index contributed by atoms with van der Waals surface area (Å²) in [7, 11) is 0. The molecule has 0 aliphatic carbocycles. The number of hydrogen-bond acceptors (Lipinski definition) is 4. The molecule has 0 spiro atoms. The normalized spacial score (nSPS) is 18.0. The van der Waals surface area contributed by atoms with Crippen LogP contribution < -0.4 is 5.56 Å². The standard InChI is InChI=1S/C20H19F3N4O/c21-20(22,23)13-27-18(25-16-7-2-1-6-15(16)19(27)28)17-8-4-10-26(17)12-14-5-3-9-24-11-14/h1-3,5-7,9,11,17H,4,8,10,12-13H2. The van der Waals surface area contributed by atoms with Gasteiger partial charge in [-0.1, -0.05) is 18.2 Å². The zero-order chi connectivity index (χ0) is 19.7. The maximum absolute atomic E-state index is 13.2. The monoisotopic (exact) mass is 388 g/mol. The number of likely N-dealkylation sites (tertiary alicyclic amines) is 1. The predicted octanol–water partition coefficient (Wildman–Crippen LogP) is 3.69. The second-order valence-electron chi connectivity index (χ2n) is 6.98. The SMILES string of the molecule is O=c1c2ccccc2nc(C2CCCN2Cc2cccnc2)n1CC(F)(F)F. The number of hydrogen-bond donors (Lipinski definition) is 0. The summed E-state index contributed by atoms with van der Waals surface area (Å²) >= 11 is 0. The molecule has 0 amide bonds. The number of rotatable bonds is 4. The third-order valence-corrected chi connectivity index (χ3v) is 5.00. The van der Waals surface area contributed by atoms with Crippen molar-refractivity contribution in [1.29, 1.82) is 0 Å². The number of aromatic nitrogens is 3. The summed E-state index contributed by atoms with van der Waals surface area (Å²) in [5.74, 6) is 0.183. The van der Waals surface area contributed by atoms with Gasteiger partial charge in [0.15, 0.2) is 0 Å². The van der Waals surface area contributed by atoms with Crippen molar-refractivity contribution in [2.75, 3.05) is 6.54 Å². The summed E-state index contributed by atoms with van der Waals surface area (Å²) in [5, 5.41) is 0.201. The van der Waals surface area contributed by atoms with E-state index in [1.807, 2.05) is 12.1 Å². The molecule has 1 fully saturated rings. The van der Waals surface area contributed by atoms with Gasteiger partial charge in [-0.15, -0.1) is 0 Å². The van der Waals surface area contributed by atoms with E-state index in [1.54, 1.807) is 30.6 Å². The topological polar surface area (TPSA) is 51.0 Å². The van der Waals surface area contributed by atoms with E-state index in [2.05, 4.69) is 14.9 Å². The molecule has 1 atom stereocenters. The highest BCUT2D eigenvalue weighted by Crippen LogP contribution is 2.33. The fraction of sp³-hybridized carbons (Fsp3) is 0.350. The largest absolute Gasteiger partial charge is 0.406 e. The highest BCUT2D eigenvalue weighted by atomic mass is 19.4. The van der Waals surface area contributed by atoms with Gasteiger partial charge in [0.2, 0.25) is 0 Å². The molecule has 1 aliphatic rings. The van der Waals surface area contributed by atoms with Crippen molar-refractivity contribution in [3.8, 4) is 0 Å². The molecule has 1 aliphatic heterocycles. The summed E-state index contributed by atoms with van der Waals surface area (Å²) in [6, 6.07) is 9.96. The molecule has 28 heavy (non-hydrogen) atoms. The van der Waals surface area contributed by atoms with Gasteiger partial charge in [-0.2, -0.15) is 13.2 Å². The van der Waals surface area contributed by atoms with E-state index in [0.29, 0.717) is 18.5 Å². The number of fused-ring (bicyclic) bond motifs is 1. The number of nitrogens with zero attached hydrogens (tertiary/aromatic N) is 4. The summed E-state index contributed by atoms with van der Waals surface area (Å²) in [6.45, 7) is -0.0578. The summed E-state index contributed by atoms with van der Waals surface area (Å²) in [4.78, 5) is 23.5. The van der Waals surface area contributed by atoms with Crippen LogP contribution in [0.2, 0.25) is 0 Å². The molecule has 2 aromatic heterocycles. The molecule has 0 radical (unpaired) electrons. The van der Waals surface area contributed by atoms with Crippen LogP contribution in [0.25, 0.3) is 10.9 Å². The minimum absolute atomic E-state index is 0.183. The van der Waals surface area contributed by atoms with E-state index >= 15 is 0 Å². The first kappa shape index (κ1) is 18.6. The number of benzene rings is 1. The fourth-order valence-electron chi connectivity index (χ4n) is 3.81. The van der Waals surface area contributed by atoms with E-state index in [0.717, 1.165) is 23.1 Å². The molecule has 8 heteroatoms. The Morgan fingerprint density at radius 2 is 1.96 bits per heavy atom. The Labute approximate surface area is 159 Å².